The zero-order valence-electron chi connectivity index (χ0n) is 16.0. The number of fused-ring (bicyclic) bond motifs is 1. The van der Waals surface area contributed by atoms with Gasteiger partial charge in [-0.15, -0.1) is 0 Å². The average Bonchev–Trinajstić information content (AvgIpc) is 2.80. The fourth-order valence-electron chi connectivity index (χ4n) is 3.85. The molecule has 0 saturated carbocycles. The fraction of sp³-hybridized carbons (Fsp3) is 0. The van der Waals surface area contributed by atoms with Gasteiger partial charge in [0.15, 0.2) is 0 Å². The molecule has 0 unspecified atom stereocenters. The van der Waals surface area contributed by atoms with E-state index in [4.69, 9.17) is 0 Å². The first-order chi connectivity index (χ1) is 14.4. The maximum Gasteiger partial charge on any atom is 0.0464 e. The van der Waals surface area contributed by atoms with E-state index in [0.29, 0.717) is 0 Å². The molecule has 5 aromatic carbocycles. The topological polar surface area (TPSA) is 12.0 Å². The molecule has 0 radical (unpaired) electrons. The first-order valence-corrected chi connectivity index (χ1v) is 9.88. The fourth-order valence-corrected chi connectivity index (χ4v) is 3.85. The zero-order valence-corrected chi connectivity index (χ0v) is 16.0. The van der Waals surface area contributed by atoms with Gasteiger partial charge < -0.3 is 5.32 Å². The Labute approximate surface area is 171 Å². The van der Waals surface area contributed by atoms with E-state index in [1.807, 2.05) is 6.07 Å². The summed E-state index contributed by atoms with van der Waals surface area (Å²) in [5.41, 5.74) is 7.06. The van der Waals surface area contributed by atoms with Crippen LogP contribution in [0, 0.1) is 0 Å². The summed E-state index contributed by atoms with van der Waals surface area (Å²) in [6.45, 7) is 0. The Bertz CT molecular complexity index is 1270. The number of benzene rings is 5. The maximum absolute atomic E-state index is 3.65. The highest BCUT2D eigenvalue weighted by Crippen LogP contribution is 2.35. The molecule has 0 atom stereocenters. The third kappa shape index (κ3) is 3.51. The number of anilines is 2. The van der Waals surface area contributed by atoms with Crippen molar-refractivity contribution >= 4 is 22.1 Å². The minimum atomic E-state index is 1.08. The molecule has 0 aliphatic heterocycles. The van der Waals surface area contributed by atoms with E-state index in [-0.39, 0.29) is 0 Å². The normalized spacial score (nSPS) is 10.8. The van der Waals surface area contributed by atoms with Crippen LogP contribution in [0.25, 0.3) is 33.0 Å². The van der Waals surface area contributed by atoms with Gasteiger partial charge in [0.25, 0.3) is 0 Å². The summed E-state index contributed by atoms with van der Waals surface area (Å²) in [5.74, 6) is 0. The molecule has 5 aromatic rings. The lowest BCUT2D eigenvalue weighted by atomic mass is 9.97. The minimum absolute atomic E-state index is 1.08. The van der Waals surface area contributed by atoms with Crippen molar-refractivity contribution in [1.82, 2.24) is 0 Å². The summed E-state index contributed by atoms with van der Waals surface area (Å²) >= 11 is 0. The second kappa shape index (κ2) is 7.65. The van der Waals surface area contributed by atoms with Crippen LogP contribution in [0.5, 0.6) is 0 Å². The van der Waals surface area contributed by atoms with Crippen LogP contribution in [0.2, 0.25) is 0 Å². The van der Waals surface area contributed by atoms with E-state index in [1.165, 1.54) is 33.0 Å². The third-order valence-corrected chi connectivity index (χ3v) is 5.26. The van der Waals surface area contributed by atoms with Crippen molar-refractivity contribution < 1.29 is 0 Å². The molecule has 0 spiro atoms. The lowest BCUT2D eigenvalue weighted by Crippen LogP contribution is -1.94. The number of hydrogen-bond donors (Lipinski definition) is 1. The summed E-state index contributed by atoms with van der Waals surface area (Å²) in [4.78, 5) is 0. The van der Waals surface area contributed by atoms with Gasteiger partial charge in [-0.3, -0.25) is 0 Å². The molecule has 1 N–H and O–H groups in total. The highest BCUT2D eigenvalue weighted by Gasteiger charge is 2.09. The van der Waals surface area contributed by atoms with Gasteiger partial charge in [-0.2, -0.15) is 0 Å². The predicted molar refractivity (Wildman–Crippen MR) is 125 cm³/mol. The van der Waals surface area contributed by atoms with Crippen molar-refractivity contribution in [1.29, 1.82) is 0 Å². The molecule has 0 heterocycles. The summed E-state index contributed by atoms with van der Waals surface area (Å²) in [7, 11) is 0. The van der Waals surface area contributed by atoms with Crippen LogP contribution < -0.4 is 5.32 Å². The van der Waals surface area contributed by atoms with Crippen LogP contribution in [0.15, 0.2) is 121 Å². The Hall–Kier alpha value is -3.84. The summed E-state index contributed by atoms with van der Waals surface area (Å²) < 4.78 is 0. The molecule has 29 heavy (non-hydrogen) atoms. The number of hydrogen-bond acceptors (Lipinski definition) is 1. The van der Waals surface area contributed by atoms with E-state index in [0.717, 1.165) is 11.4 Å². The van der Waals surface area contributed by atoms with Crippen LogP contribution in [0.3, 0.4) is 0 Å². The molecule has 0 fully saturated rings. The predicted octanol–water partition coefficient (Wildman–Crippen LogP) is 7.92. The highest BCUT2D eigenvalue weighted by molar-refractivity contribution is 6.00. The molecule has 0 aromatic heterocycles. The van der Waals surface area contributed by atoms with Crippen molar-refractivity contribution in [2.45, 2.75) is 0 Å². The Morgan fingerprint density at radius 2 is 1.10 bits per heavy atom. The summed E-state index contributed by atoms with van der Waals surface area (Å²) in [6.07, 6.45) is 0. The van der Waals surface area contributed by atoms with E-state index in [2.05, 4.69) is 121 Å². The largest absolute Gasteiger partial charge is 0.355 e. The maximum atomic E-state index is 3.65. The Morgan fingerprint density at radius 3 is 2.03 bits per heavy atom. The first-order valence-electron chi connectivity index (χ1n) is 9.88. The van der Waals surface area contributed by atoms with Gasteiger partial charge in [0, 0.05) is 16.9 Å². The van der Waals surface area contributed by atoms with Crippen molar-refractivity contribution in [3.05, 3.63) is 121 Å². The first kappa shape index (κ1) is 17.3. The lowest BCUT2D eigenvalue weighted by molar-refractivity contribution is 1.53. The van der Waals surface area contributed by atoms with Crippen LogP contribution in [-0.4, -0.2) is 0 Å². The van der Waals surface area contributed by atoms with Gasteiger partial charge in [-0.05, 0) is 45.7 Å². The van der Waals surface area contributed by atoms with Gasteiger partial charge in [-0.1, -0.05) is 103 Å². The second-order valence-electron chi connectivity index (χ2n) is 7.14. The smallest absolute Gasteiger partial charge is 0.0464 e. The second-order valence-corrected chi connectivity index (χ2v) is 7.14. The van der Waals surface area contributed by atoms with E-state index < -0.39 is 0 Å². The standard InChI is InChI=1S/C28H21N/c1-2-10-21(11-3-1)23-14-8-15-24(20-23)29-28-19-7-6-17-27(28)26-18-9-13-22-12-4-5-16-25(22)26/h1-20,29H. The van der Waals surface area contributed by atoms with Crippen molar-refractivity contribution in [3.8, 4) is 22.3 Å². The number of para-hydroxylation sites is 1. The van der Waals surface area contributed by atoms with Crippen LogP contribution in [-0.2, 0) is 0 Å². The quantitative estimate of drug-likeness (QED) is 0.338. The number of nitrogens with one attached hydrogen (secondary N) is 1. The van der Waals surface area contributed by atoms with E-state index >= 15 is 0 Å². The van der Waals surface area contributed by atoms with Crippen LogP contribution in [0.1, 0.15) is 0 Å². The van der Waals surface area contributed by atoms with Crippen molar-refractivity contribution in [3.63, 3.8) is 0 Å². The molecule has 5 rings (SSSR count). The van der Waals surface area contributed by atoms with Gasteiger partial charge in [-0.25, -0.2) is 0 Å². The van der Waals surface area contributed by atoms with Crippen LogP contribution >= 0.6 is 0 Å². The van der Waals surface area contributed by atoms with Crippen molar-refractivity contribution in [2.24, 2.45) is 0 Å². The van der Waals surface area contributed by atoms with Crippen molar-refractivity contribution in [2.75, 3.05) is 5.32 Å². The molecule has 0 bridgehead atoms. The molecule has 138 valence electrons. The Balaban J connectivity index is 1.56. The van der Waals surface area contributed by atoms with Gasteiger partial charge >= 0.3 is 0 Å². The van der Waals surface area contributed by atoms with E-state index in [9.17, 15) is 0 Å². The van der Waals surface area contributed by atoms with Gasteiger partial charge in [0.1, 0.15) is 0 Å². The molecule has 0 aliphatic rings. The highest BCUT2D eigenvalue weighted by atomic mass is 14.9. The molecule has 1 nitrogen and oxygen atoms in total. The Kier molecular flexibility index (Phi) is 4.56. The minimum Gasteiger partial charge on any atom is -0.355 e. The average molecular weight is 371 g/mol. The molecule has 1 heteroatoms. The summed E-state index contributed by atoms with van der Waals surface area (Å²) in [5, 5.41) is 6.17. The zero-order chi connectivity index (χ0) is 19.5. The Morgan fingerprint density at radius 1 is 0.448 bits per heavy atom. The molecular weight excluding hydrogens is 350 g/mol. The number of rotatable bonds is 4. The third-order valence-electron chi connectivity index (χ3n) is 5.26. The van der Waals surface area contributed by atoms with Crippen LogP contribution in [0.4, 0.5) is 11.4 Å². The summed E-state index contributed by atoms with van der Waals surface area (Å²) in [6, 6.07) is 42.6. The van der Waals surface area contributed by atoms with Gasteiger partial charge in [0.2, 0.25) is 0 Å². The monoisotopic (exact) mass is 371 g/mol. The SMILES string of the molecule is c1ccc(-c2cccc(Nc3ccccc3-c3cccc4ccccc34)c2)cc1. The van der Waals surface area contributed by atoms with Gasteiger partial charge in [0.05, 0.1) is 0 Å². The molecule has 0 saturated heterocycles. The molecule has 0 aliphatic carbocycles. The lowest BCUT2D eigenvalue weighted by Gasteiger charge is -2.15. The van der Waals surface area contributed by atoms with E-state index in [1.54, 1.807) is 0 Å². The molecule has 0 amide bonds. The molecular formula is C28H21N.